The molecule has 26 heteroatoms. The fourth-order valence-corrected chi connectivity index (χ4v) is 5.40. The van der Waals surface area contributed by atoms with E-state index in [1.165, 1.54) is 6.92 Å². The van der Waals surface area contributed by atoms with Gasteiger partial charge in [-0.1, -0.05) is 20.3 Å². The number of unbranched alkanes of at least 4 members (excludes halogenated alkanes) is 1. The summed E-state index contributed by atoms with van der Waals surface area (Å²) >= 11 is 0. The zero-order valence-corrected chi connectivity index (χ0v) is 53.4. The second-order valence-corrected chi connectivity index (χ2v) is 26.3. The Balaban J connectivity index is -0.000000206. The summed E-state index contributed by atoms with van der Waals surface area (Å²) in [5.74, 6) is -1.08. The van der Waals surface area contributed by atoms with Crippen molar-refractivity contribution in [1.29, 1.82) is 0 Å². The Morgan fingerprint density at radius 1 is 0.438 bits per heavy atom. The highest BCUT2D eigenvalue weighted by Crippen LogP contribution is 2.07. The van der Waals surface area contributed by atoms with Gasteiger partial charge in [0.05, 0.1) is 36.9 Å². The molecule has 476 valence electrons. The second-order valence-electron chi connectivity index (χ2n) is 26.3. The van der Waals surface area contributed by atoms with Crippen LogP contribution >= 0.6 is 0 Å². The van der Waals surface area contributed by atoms with E-state index in [4.69, 9.17) is 67.5 Å². The molecule has 0 aromatic heterocycles. The summed E-state index contributed by atoms with van der Waals surface area (Å²) in [6, 6.07) is -3.60. The van der Waals surface area contributed by atoms with Crippen molar-refractivity contribution in [2.24, 2.45) is 68.2 Å². The van der Waals surface area contributed by atoms with Gasteiger partial charge >= 0.3 is 0 Å². The topological polar surface area (TPSA) is 505 Å². The third-order valence-corrected chi connectivity index (χ3v) is 9.06. The Labute approximate surface area is 481 Å². The van der Waals surface area contributed by atoms with Crippen LogP contribution in [0.25, 0.3) is 0 Å². The molecule has 0 rings (SSSR count). The number of primary amides is 1. The number of nitrogens with two attached hydrogens (primary N) is 10. The van der Waals surface area contributed by atoms with Crippen molar-refractivity contribution >= 4 is 47.3 Å². The number of nitrogens with zero attached hydrogens (tertiary/aromatic N) is 1. The fourth-order valence-electron chi connectivity index (χ4n) is 5.40. The van der Waals surface area contributed by atoms with Crippen molar-refractivity contribution in [1.82, 2.24) is 31.9 Å². The molecule has 0 saturated heterocycles. The first kappa shape index (κ1) is 86.5. The van der Waals surface area contributed by atoms with E-state index in [1.54, 1.807) is 0 Å². The number of rotatable bonds is 21. The van der Waals surface area contributed by atoms with Crippen LogP contribution in [0.2, 0.25) is 0 Å². The number of aliphatic hydroxyl groups is 2. The summed E-state index contributed by atoms with van der Waals surface area (Å²) in [5, 5.41) is 34.1. The van der Waals surface area contributed by atoms with Crippen molar-refractivity contribution in [3.05, 3.63) is 0 Å². The van der Waals surface area contributed by atoms with E-state index in [1.807, 2.05) is 125 Å². The molecule has 0 aliphatic heterocycles. The maximum absolute atomic E-state index is 11.6. The lowest BCUT2D eigenvalue weighted by molar-refractivity contribution is -0.126. The molecular weight excluding hydrogens is 1030 g/mol. The molecule has 0 heterocycles. The minimum absolute atomic E-state index is 0.0544. The summed E-state index contributed by atoms with van der Waals surface area (Å²) in [6.07, 6.45) is 4.16. The number of guanidine groups is 1. The van der Waals surface area contributed by atoms with E-state index in [-0.39, 0.29) is 100 Å². The molecule has 26 nitrogen and oxygen atoms in total. The number of nitrogens with one attached hydrogen (secondary N) is 6. The van der Waals surface area contributed by atoms with Crippen molar-refractivity contribution in [3.63, 3.8) is 0 Å². The Hall–Kier alpha value is -4.80. The minimum atomic E-state index is -0.843. The van der Waals surface area contributed by atoms with Gasteiger partial charge in [0.25, 0.3) is 0 Å². The van der Waals surface area contributed by atoms with E-state index >= 15 is 0 Å². The third-order valence-electron chi connectivity index (χ3n) is 9.06. The van der Waals surface area contributed by atoms with Crippen LogP contribution in [0.15, 0.2) is 4.99 Å². The van der Waals surface area contributed by atoms with Crippen LogP contribution in [0.5, 0.6) is 0 Å². The number of carbonyl (C=O) groups excluding carboxylic acids is 7. The van der Waals surface area contributed by atoms with Crippen LogP contribution in [-0.4, -0.2) is 153 Å². The lowest BCUT2D eigenvalue weighted by Gasteiger charge is -2.24. The largest absolute Gasteiger partial charge is 0.394 e. The Morgan fingerprint density at radius 2 is 0.725 bits per heavy atom. The summed E-state index contributed by atoms with van der Waals surface area (Å²) < 4.78 is 0. The molecule has 0 saturated carbocycles. The zero-order valence-electron chi connectivity index (χ0n) is 53.4. The Morgan fingerprint density at radius 3 is 0.988 bits per heavy atom. The zero-order chi connectivity index (χ0) is 65.0. The fraction of sp³-hybridized carbons (Fsp3) is 0.852. The molecule has 0 aliphatic rings. The van der Waals surface area contributed by atoms with Crippen LogP contribution in [0.3, 0.4) is 0 Å². The molecule has 0 aromatic carbocycles. The SMILES string of the molecule is CC(C)(C)NC(=O)[C@@H](N)CCC(N)=O.CC(C)(C)NC(=O)[C@@H](N)CCCCN.CC(C)(C)NC(=O)[C@@H](N)CCCN=C(N)N.CC(C)(C)NC(=O)[C@@H](N)CO.CC(C)C[C@H](N)C(=O)NC(C)(C)C.CC(O)[C@H](N)C(=O)NC(C)(C)C. The summed E-state index contributed by atoms with van der Waals surface area (Å²) in [5.41, 5.74) is 52.5. The van der Waals surface area contributed by atoms with E-state index in [2.05, 4.69) is 50.7 Å². The van der Waals surface area contributed by atoms with E-state index in [9.17, 15) is 33.6 Å². The van der Waals surface area contributed by atoms with Gasteiger partial charge in [0, 0.05) is 46.2 Å². The molecule has 0 bridgehead atoms. The lowest BCUT2D eigenvalue weighted by Crippen LogP contribution is -2.52. The monoisotopic (exact) mass is 1150 g/mol. The van der Waals surface area contributed by atoms with Gasteiger partial charge in [0.1, 0.15) is 12.1 Å². The third kappa shape index (κ3) is 65.7. The predicted octanol–water partition coefficient (Wildman–Crippen LogP) is -0.762. The highest BCUT2D eigenvalue weighted by atomic mass is 16.3. The average molecular weight is 1150 g/mol. The molecule has 0 radical (unpaired) electrons. The van der Waals surface area contributed by atoms with Gasteiger partial charge in [-0.2, -0.15) is 0 Å². The molecule has 7 atom stereocenters. The van der Waals surface area contributed by atoms with Crippen LogP contribution < -0.4 is 89.2 Å². The van der Waals surface area contributed by atoms with E-state index < -0.39 is 42.2 Å². The molecule has 80 heavy (non-hydrogen) atoms. The van der Waals surface area contributed by atoms with Gasteiger partial charge in [-0.05, 0) is 183 Å². The average Bonchev–Trinajstić information content (AvgIpc) is 3.23. The second kappa shape index (κ2) is 42.1. The van der Waals surface area contributed by atoms with Crippen molar-refractivity contribution in [3.8, 4) is 0 Å². The van der Waals surface area contributed by atoms with Gasteiger partial charge in [-0.15, -0.1) is 0 Å². The molecule has 0 fully saturated rings. The van der Waals surface area contributed by atoms with Gasteiger partial charge in [-0.25, -0.2) is 0 Å². The van der Waals surface area contributed by atoms with E-state index in [0.29, 0.717) is 38.3 Å². The maximum atomic E-state index is 11.6. The number of aliphatic hydroxyl groups excluding tert-OH is 2. The first-order valence-electron chi connectivity index (χ1n) is 27.4. The number of hydrogen-bond donors (Lipinski definition) is 18. The van der Waals surface area contributed by atoms with Crippen molar-refractivity contribution in [2.75, 3.05) is 19.7 Å². The lowest BCUT2D eigenvalue weighted by atomic mass is 10.0. The molecule has 0 spiro atoms. The number of hydrogen-bond acceptors (Lipinski definition) is 17. The highest BCUT2D eigenvalue weighted by Gasteiger charge is 2.25. The standard InChI is InChI=1S/C10H23N5O.C10H23N3O.C10H22N2O.C9H19N3O2.C8H18N2O2.C7H16N2O2/c1-10(2,3)15-8(16)7(11)5-4-6-14-9(12)13;1-10(2,3)13-9(14)8(12)6-4-5-7-11;1-7(2)6-8(11)9(13)12-10(3,4)5;1-9(2,3)12-8(14)6(10)4-5-7(11)13;1-5(11)6(9)7(12)10-8(2,3)4;1-7(2,3)9-6(11)5(8)4-10/h7H,4-6,11H2,1-3H3,(H,15,16)(H4,12,13,14);8H,4-7,11-12H2,1-3H3,(H,13,14);7-8H,6,11H2,1-5H3,(H,12,13);6H,4-5,10H2,1-3H3,(H2,11,13)(H,12,14);5-6,11H,9H2,1-4H3,(H,10,12);5,10H,4,8H2,1-3H3,(H,9,11)/t7-;2*8-;6-;5?,6-;5-/m000000/s1. The van der Waals surface area contributed by atoms with Gasteiger partial charge in [0.2, 0.25) is 41.4 Å². The Bertz CT molecular complexity index is 1770. The van der Waals surface area contributed by atoms with Crippen LogP contribution in [-0.2, 0) is 33.6 Å². The Kier molecular flexibility index (Phi) is 45.5. The van der Waals surface area contributed by atoms with Crippen LogP contribution in [0.4, 0.5) is 0 Å². The predicted molar refractivity (Wildman–Crippen MR) is 325 cm³/mol. The van der Waals surface area contributed by atoms with Crippen LogP contribution in [0, 0.1) is 5.92 Å². The molecular formula is C54H121N17O9. The number of amides is 7. The smallest absolute Gasteiger partial charge is 0.239 e. The minimum Gasteiger partial charge on any atom is -0.394 e. The molecule has 0 aliphatic carbocycles. The van der Waals surface area contributed by atoms with Crippen molar-refractivity contribution < 1.29 is 43.8 Å². The number of carbonyl (C=O) groups is 7. The summed E-state index contributed by atoms with van der Waals surface area (Å²) in [6.45, 7) is 40.6. The number of aliphatic imine (C=N–C) groups is 1. The van der Waals surface area contributed by atoms with Gasteiger partial charge < -0.3 is 99.5 Å². The van der Waals surface area contributed by atoms with Crippen molar-refractivity contribution in [2.45, 2.75) is 272 Å². The molecule has 0 aromatic rings. The maximum Gasteiger partial charge on any atom is 0.239 e. The van der Waals surface area contributed by atoms with Gasteiger partial charge in [-0.3, -0.25) is 38.6 Å². The molecule has 28 N–H and O–H groups in total. The summed E-state index contributed by atoms with van der Waals surface area (Å²) in [7, 11) is 0. The molecule has 1 unspecified atom stereocenters. The van der Waals surface area contributed by atoms with Crippen LogP contribution in [0.1, 0.15) is 197 Å². The van der Waals surface area contributed by atoms with Gasteiger partial charge in [0.15, 0.2) is 5.96 Å². The quantitative estimate of drug-likeness (QED) is 0.0381. The molecule has 7 amide bonds. The highest BCUT2D eigenvalue weighted by molar-refractivity contribution is 5.85. The van der Waals surface area contributed by atoms with E-state index in [0.717, 1.165) is 19.3 Å². The first-order valence-corrected chi connectivity index (χ1v) is 27.4. The summed E-state index contributed by atoms with van der Waals surface area (Å²) in [4.78, 5) is 82.4. The normalized spacial score (nSPS) is 14.2. The first-order chi connectivity index (χ1) is 35.6.